The zero-order valence-electron chi connectivity index (χ0n) is 24.1. The van der Waals surface area contributed by atoms with Gasteiger partial charge in [-0.15, -0.1) is 0 Å². The van der Waals surface area contributed by atoms with Gasteiger partial charge in [-0.25, -0.2) is 0 Å². The van der Waals surface area contributed by atoms with Crippen molar-refractivity contribution in [1.82, 2.24) is 0 Å². The zero-order chi connectivity index (χ0) is 29.3. The molecular formula is C29H45NO8. The van der Waals surface area contributed by atoms with Crippen LogP contribution in [0.25, 0.3) is 0 Å². The van der Waals surface area contributed by atoms with E-state index >= 15 is 0 Å². The summed E-state index contributed by atoms with van der Waals surface area (Å²) < 4.78 is 16.5. The molecule has 9 heteroatoms. The fourth-order valence-corrected chi connectivity index (χ4v) is 3.53. The fourth-order valence-electron chi connectivity index (χ4n) is 3.53. The number of rotatable bonds is 14. The molecule has 1 aromatic rings. The molecule has 0 saturated heterocycles. The van der Waals surface area contributed by atoms with Crippen molar-refractivity contribution in [3.05, 3.63) is 23.8 Å². The largest absolute Gasteiger partial charge is 0.480 e. The standard InChI is InChI=1S/C29H45NO8/c1-9-18(3)13-24(31)37-22-12-11-21(15-23(22)38-25(32)14-19(4)10-2)17-29(30,26(33)34)16-20(5)36-27(35)28(6,7)8/h11-12,15,18-20H,9-10,13-14,16-17,30H2,1-8H3,(H,33,34)/t18?,19?,20-,29?/m0/s1. The highest BCUT2D eigenvalue weighted by Gasteiger charge is 2.38. The van der Waals surface area contributed by atoms with Crippen molar-refractivity contribution < 1.29 is 38.5 Å². The summed E-state index contributed by atoms with van der Waals surface area (Å²) in [6.07, 6.45) is 0.939. The Morgan fingerprint density at radius 2 is 1.39 bits per heavy atom. The van der Waals surface area contributed by atoms with Gasteiger partial charge in [-0.2, -0.15) is 0 Å². The van der Waals surface area contributed by atoms with E-state index in [0.717, 1.165) is 12.8 Å². The van der Waals surface area contributed by atoms with Gasteiger partial charge in [0.15, 0.2) is 11.5 Å². The molecule has 0 saturated carbocycles. The molecule has 3 N–H and O–H groups in total. The van der Waals surface area contributed by atoms with E-state index in [9.17, 15) is 24.3 Å². The minimum atomic E-state index is -1.77. The third kappa shape index (κ3) is 10.8. The van der Waals surface area contributed by atoms with E-state index in [2.05, 4.69) is 0 Å². The van der Waals surface area contributed by atoms with Crippen LogP contribution in [0.2, 0.25) is 0 Å². The molecule has 0 spiro atoms. The normalized spacial score (nSPS) is 15.5. The Morgan fingerprint density at radius 3 is 1.84 bits per heavy atom. The van der Waals surface area contributed by atoms with Gasteiger partial charge in [0.1, 0.15) is 11.6 Å². The summed E-state index contributed by atoms with van der Waals surface area (Å²) in [4.78, 5) is 49.4. The van der Waals surface area contributed by atoms with E-state index in [-0.39, 0.29) is 49.0 Å². The molecule has 0 fully saturated rings. The fraction of sp³-hybridized carbons (Fsp3) is 0.655. The van der Waals surface area contributed by atoms with Crippen LogP contribution < -0.4 is 15.2 Å². The molecule has 0 aliphatic rings. The highest BCUT2D eigenvalue weighted by molar-refractivity contribution is 5.80. The first-order valence-corrected chi connectivity index (χ1v) is 13.3. The van der Waals surface area contributed by atoms with Crippen LogP contribution in [0.4, 0.5) is 0 Å². The first-order chi connectivity index (χ1) is 17.5. The van der Waals surface area contributed by atoms with Gasteiger partial charge in [0, 0.05) is 25.7 Å². The number of carboxylic acids is 1. The van der Waals surface area contributed by atoms with Crippen LogP contribution in [0.3, 0.4) is 0 Å². The lowest BCUT2D eigenvalue weighted by Crippen LogP contribution is -2.52. The van der Waals surface area contributed by atoms with Gasteiger partial charge in [0.2, 0.25) is 0 Å². The third-order valence-electron chi connectivity index (χ3n) is 6.40. The maximum Gasteiger partial charge on any atom is 0.324 e. The van der Waals surface area contributed by atoms with Crippen LogP contribution in [0.15, 0.2) is 18.2 Å². The summed E-state index contributed by atoms with van der Waals surface area (Å²) in [5.74, 6) is -2.36. The molecule has 1 rings (SSSR count). The van der Waals surface area contributed by atoms with Crippen LogP contribution >= 0.6 is 0 Å². The van der Waals surface area contributed by atoms with Gasteiger partial charge in [-0.3, -0.25) is 19.2 Å². The van der Waals surface area contributed by atoms with Crippen LogP contribution in [0.1, 0.15) is 93.1 Å². The molecule has 0 bridgehead atoms. The van der Waals surface area contributed by atoms with Crippen LogP contribution in [-0.4, -0.2) is 40.6 Å². The molecule has 9 nitrogen and oxygen atoms in total. The summed E-state index contributed by atoms with van der Waals surface area (Å²) in [6, 6.07) is 4.52. The molecule has 0 heterocycles. The second-order valence-electron chi connectivity index (χ2n) is 11.5. The van der Waals surface area contributed by atoms with Crippen molar-refractivity contribution in [2.24, 2.45) is 23.0 Å². The van der Waals surface area contributed by atoms with E-state index < -0.39 is 40.9 Å². The number of hydrogen-bond donors (Lipinski definition) is 2. The van der Waals surface area contributed by atoms with Crippen LogP contribution in [0.5, 0.6) is 11.5 Å². The Labute approximate surface area is 226 Å². The van der Waals surface area contributed by atoms with Crippen molar-refractivity contribution in [1.29, 1.82) is 0 Å². The quantitative estimate of drug-likeness (QED) is 0.247. The number of carboxylic acid groups (broad SMARTS) is 1. The summed E-state index contributed by atoms with van der Waals surface area (Å²) in [6.45, 7) is 14.5. The average Bonchev–Trinajstić information content (AvgIpc) is 2.79. The number of carbonyl (C=O) groups is 4. The average molecular weight is 536 g/mol. The highest BCUT2D eigenvalue weighted by Crippen LogP contribution is 2.32. The van der Waals surface area contributed by atoms with Gasteiger partial charge >= 0.3 is 23.9 Å². The molecule has 1 aromatic carbocycles. The second-order valence-corrected chi connectivity index (χ2v) is 11.5. The second kappa shape index (κ2) is 14.3. The minimum absolute atomic E-state index is 0.0215. The topological polar surface area (TPSA) is 142 Å². The number of carbonyl (C=O) groups excluding carboxylic acids is 3. The van der Waals surface area contributed by atoms with Crippen molar-refractivity contribution in [3.63, 3.8) is 0 Å². The molecule has 0 aliphatic heterocycles. The van der Waals surface area contributed by atoms with Gasteiger partial charge in [-0.1, -0.05) is 46.6 Å². The monoisotopic (exact) mass is 535 g/mol. The molecule has 0 aliphatic carbocycles. The zero-order valence-corrected chi connectivity index (χ0v) is 24.1. The van der Waals surface area contributed by atoms with E-state index in [0.29, 0.717) is 5.56 Å². The van der Waals surface area contributed by atoms with E-state index in [4.69, 9.17) is 19.9 Å². The van der Waals surface area contributed by atoms with Gasteiger partial charge in [0.25, 0.3) is 0 Å². The molecular weight excluding hydrogens is 490 g/mol. The van der Waals surface area contributed by atoms with Crippen LogP contribution in [-0.2, 0) is 30.3 Å². The lowest BCUT2D eigenvalue weighted by Gasteiger charge is -2.29. The summed E-state index contributed by atoms with van der Waals surface area (Å²) >= 11 is 0. The maximum atomic E-state index is 12.5. The Bertz CT molecular complexity index is 983. The summed E-state index contributed by atoms with van der Waals surface area (Å²) in [5.41, 5.74) is 4.24. The summed E-state index contributed by atoms with van der Waals surface area (Å²) in [7, 11) is 0. The smallest absolute Gasteiger partial charge is 0.324 e. The Kier molecular flexibility index (Phi) is 12.4. The van der Waals surface area contributed by atoms with Gasteiger partial charge < -0.3 is 25.1 Å². The Balaban J connectivity index is 3.24. The lowest BCUT2D eigenvalue weighted by molar-refractivity contribution is -0.160. The Hall–Kier alpha value is -2.94. The molecule has 0 aromatic heterocycles. The van der Waals surface area contributed by atoms with Crippen molar-refractivity contribution in [2.45, 2.75) is 106 Å². The van der Waals surface area contributed by atoms with Gasteiger partial charge in [-0.05, 0) is 57.2 Å². The van der Waals surface area contributed by atoms with Gasteiger partial charge in [0.05, 0.1) is 5.41 Å². The minimum Gasteiger partial charge on any atom is -0.480 e. The van der Waals surface area contributed by atoms with Crippen LogP contribution in [0, 0.1) is 17.3 Å². The van der Waals surface area contributed by atoms with Crippen molar-refractivity contribution >= 4 is 23.9 Å². The molecule has 0 amide bonds. The Morgan fingerprint density at radius 1 is 0.895 bits per heavy atom. The number of benzene rings is 1. The predicted molar refractivity (Wildman–Crippen MR) is 144 cm³/mol. The van der Waals surface area contributed by atoms with E-state index in [1.807, 2.05) is 27.7 Å². The molecule has 38 heavy (non-hydrogen) atoms. The molecule has 0 radical (unpaired) electrons. The van der Waals surface area contributed by atoms with E-state index in [1.54, 1.807) is 33.8 Å². The van der Waals surface area contributed by atoms with Crippen molar-refractivity contribution in [3.8, 4) is 11.5 Å². The lowest BCUT2D eigenvalue weighted by atomic mass is 9.86. The molecule has 4 atom stereocenters. The number of esters is 3. The van der Waals surface area contributed by atoms with E-state index in [1.165, 1.54) is 12.1 Å². The molecule has 214 valence electrons. The molecule has 3 unspecified atom stereocenters. The van der Waals surface area contributed by atoms with Crippen molar-refractivity contribution in [2.75, 3.05) is 0 Å². The predicted octanol–water partition coefficient (Wildman–Crippen LogP) is 5.06. The number of aliphatic carboxylic acids is 1. The summed E-state index contributed by atoms with van der Waals surface area (Å²) in [5, 5.41) is 9.94. The SMILES string of the molecule is CCC(C)CC(=O)Oc1ccc(CC(N)(C[C@H](C)OC(=O)C(C)(C)C)C(=O)O)cc1OC(=O)CC(C)CC. The first-order valence-electron chi connectivity index (χ1n) is 13.3. The maximum absolute atomic E-state index is 12.5. The number of nitrogens with two attached hydrogens (primary N) is 1. The highest BCUT2D eigenvalue weighted by atomic mass is 16.6. The first kappa shape index (κ1) is 33.1. The number of ether oxygens (including phenoxy) is 3. The third-order valence-corrected chi connectivity index (χ3v) is 6.40. The number of hydrogen-bond acceptors (Lipinski definition) is 8.